The molecule has 16 heavy (non-hydrogen) atoms. The highest BCUT2D eigenvalue weighted by molar-refractivity contribution is 8.07. The lowest BCUT2D eigenvalue weighted by molar-refractivity contribution is 0.602. The van der Waals surface area contributed by atoms with Crippen LogP contribution < -0.4 is 10.9 Å². The highest BCUT2D eigenvalue weighted by atomic mass is 32.2. The molecule has 1 rings (SSSR count). The number of rotatable bonds is 2. The molecular formula is C6H12N4O4S2. The summed E-state index contributed by atoms with van der Waals surface area (Å²) in [5.74, 6) is -0.294. The number of hydrazone groups is 2. The molecule has 10 heteroatoms. The molecule has 0 bridgehead atoms. The SMILES string of the molecule is CCS(=O)(=O)C1=NNC(S(=O)(=O)CC)=NN1. The zero-order valence-corrected chi connectivity index (χ0v) is 10.4. The van der Waals surface area contributed by atoms with Gasteiger partial charge in [-0.3, -0.25) is 0 Å². The van der Waals surface area contributed by atoms with Gasteiger partial charge < -0.3 is 0 Å². The first-order valence-electron chi connectivity index (χ1n) is 4.46. The fourth-order valence-electron chi connectivity index (χ4n) is 0.799. The molecule has 0 saturated carbocycles. The summed E-state index contributed by atoms with van der Waals surface area (Å²) in [5, 5.41) is 6.08. The molecule has 1 aliphatic heterocycles. The van der Waals surface area contributed by atoms with E-state index < -0.39 is 19.7 Å². The van der Waals surface area contributed by atoms with Gasteiger partial charge in [-0.25, -0.2) is 27.7 Å². The van der Waals surface area contributed by atoms with Gasteiger partial charge in [-0.15, -0.1) is 10.2 Å². The monoisotopic (exact) mass is 268 g/mol. The van der Waals surface area contributed by atoms with Crippen LogP contribution in [0.5, 0.6) is 0 Å². The fraction of sp³-hybridized carbons (Fsp3) is 0.667. The second-order valence-corrected chi connectivity index (χ2v) is 7.25. The maximum absolute atomic E-state index is 11.3. The largest absolute Gasteiger partial charge is 0.259 e. The molecular weight excluding hydrogens is 256 g/mol. The third-order valence-electron chi connectivity index (χ3n) is 1.86. The van der Waals surface area contributed by atoms with Crippen LogP contribution in [0.15, 0.2) is 10.2 Å². The standard InChI is InChI=1S/C6H12N4O4S2/c1-3-15(11,12)5-7-9-6(10-8-5)16(13,14)4-2/h3-4H2,1-2H3,(H,7,8)(H,9,10). The van der Waals surface area contributed by atoms with Crippen LogP contribution in [0.25, 0.3) is 0 Å². The van der Waals surface area contributed by atoms with Crippen molar-refractivity contribution < 1.29 is 16.8 Å². The minimum absolute atomic E-state index is 0.147. The molecule has 0 aromatic rings. The first-order chi connectivity index (χ1) is 7.33. The molecule has 2 N–H and O–H groups in total. The molecule has 0 aromatic carbocycles. The van der Waals surface area contributed by atoms with E-state index in [1.165, 1.54) is 13.8 Å². The van der Waals surface area contributed by atoms with E-state index in [0.29, 0.717) is 0 Å². The zero-order valence-electron chi connectivity index (χ0n) is 8.76. The number of sulfone groups is 2. The van der Waals surface area contributed by atoms with E-state index in [-0.39, 0.29) is 21.8 Å². The van der Waals surface area contributed by atoms with Crippen molar-refractivity contribution in [3.8, 4) is 0 Å². The summed E-state index contributed by atoms with van der Waals surface area (Å²) in [7, 11) is -7.04. The van der Waals surface area contributed by atoms with Crippen molar-refractivity contribution in [2.24, 2.45) is 10.2 Å². The predicted octanol–water partition coefficient (Wildman–Crippen LogP) is -1.41. The maximum Gasteiger partial charge on any atom is 0.259 e. The molecule has 1 heterocycles. The Morgan fingerprint density at radius 3 is 1.38 bits per heavy atom. The Bertz CT molecular complexity index is 481. The third kappa shape index (κ3) is 2.50. The lowest BCUT2D eigenvalue weighted by atomic mass is 11.0. The second kappa shape index (κ2) is 4.37. The molecule has 0 aromatic heterocycles. The predicted molar refractivity (Wildman–Crippen MR) is 60.1 cm³/mol. The van der Waals surface area contributed by atoms with E-state index in [1.54, 1.807) is 0 Å². The maximum atomic E-state index is 11.3. The Morgan fingerprint density at radius 1 is 0.875 bits per heavy atom. The topological polar surface area (TPSA) is 117 Å². The van der Waals surface area contributed by atoms with Crippen LogP contribution in [0, 0.1) is 0 Å². The van der Waals surface area contributed by atoms with E-state index in [1.807, 2.05) is 0 Å². The summed E-state index contributed by atoms with van der Waals surface area (Å²) in [6.45, 7) is 2.89. The van der Waals surface area contributed by atoms with Crippen LogP contribution in [0.4, 0.5) is 0 Å². The van der Waals surface area contributed by atoms with Gasteiger partial charge >= 0.3 is 0 Å². The number of amidine groups is 2. The average molecular weight is 268 g/mol. The van der Waals surface area contributed by atoms with Crippen LogP contribution in [0.3, 0.4) is 0 Å². The van der Waals surface area contributed by atoms with Gasteiger partial charge in [0.1, 0.15) is 0 Å². The van der Waals surface area contributed by atoms with E-state index in [9.17, 15) is 16.8 Å². The van der Waals surface area contributed by atoms with E-state index in [4.69, 9.17) is 0 Å². The highest BCUT2D eigenvalue weighted by Crippen LogP contribution is 1.99. The lowest BCUT2D eigenvalue weighted by Gasteiger charge is -2.13. The van der Waals surface area contributed by atoms with Crippen LogP contribution in [-0.2, 0) is 19.7 Å². The van der Waals surface area contributed by atoms with Crippen molar-refractivity contribution >= 4 is 30.0 Å². The lowest BCUT2D eigenvalue weighted by Crippen LogP contribution is -2.42. The Kier molecular flexibility index (Phi) is 3.53. The van der Waals surface area contributed by atoms with Crippen molar-refractivity contribution in [2.75, 3.05) is 11.5 Å². The van der Waals surface area contributed by atoms with Gasteiger partial charge in [0.2, 0.25) is 19.7 Å². The molecule has 0 saturated heterocycles. The molecule has 0 amide bonds. The van der Waals surface area contributed by atoms with Gasteiger partial charge in [0.25, 0.3) is 10.3 Å². The fourth-order valence-corrected chi connectivity index (χ4v) is 2.08. The Morgan fingerprint density at radius 2 is 1.19 bits per heavy atom. The first kappa shape index (κ1) is 12.9. The van der Waals surface area contributed by atoms with Gasteiger partial charge in [-0.05, 0) is 0 Å². The number of hydrogen-bond acceptors (Lipinski definition) is 8. The number of nitrogens with zero attached hydrogens (tertiary/aromatic N) is 2. The number of nitrogens with one attached hydrogen (secondary N) is 2. The van der Waals surface area contributed by atoms with Crippen LogP contribution in [0.2, 0.25) is 0 Å². The van der Waals surface area contributed by atoms with Crippen LogP contribution in [0.1, 0.15) is 13.8 Å². The van der Waals surface area contributed by atoms with Crippen molar-refractivity contribution in [3.05, 3.63) is 0 Å². The van der Waals surface area contributed by atoms with Crippen LogP contribution >= 0.6 is 0 Å². The van der Waals surface area contributed by atoms with E-state index in [2.05, 4.69) is 21.1 Å². The minimum atomic E-state index is -3.52. The molecule has 8 nitrogen and oxygen atoms in total. The Hall–Kier alpha value is -1.16. The van der Waals surface area contributed by atoms with Crippen molar-refractivity contribution in [1.82, 2.24) is 10.9 Å². The molecule has 92 valence electrons. The summed E-state index contributed by atoms with van der Waals surface area (Å²) in [4.78, 5) is 0. The van der Waals surface area contributed by atoms with Gasteiger partial charge in [-0.1, -0.05) is 13.8 Å². The van der Waals surface area contributed by atoms with Gasteiger partial charge in [0.05, 0.1) is 11.5 Å². The van der Waals surface area contributed by atoms with E-state index >= 15 is 0 Å². The van der Waals surface area contributed by atoms with E-state index in [0.717, 1.165) is 0 Å². The normalized spacial score (nSPS) is 16.9. The molecule has 0 atom stereocenters. The van der Waals surface area contributed by atoms with Crippen molar-refractivity contribution in [3.63, 3.8) is 0 Å². The smallest absolute Gasteiger partial charge is 0.247 e. The van der Waals surface area contributed by atoms with Crippen molar-refractivity contribution in [2.45, 2.75) is 13.8 Å². The minimum Gasteiger partial charge on any atom is -0.247 e. The number of hydrogen-bond donors (Lipinski definition) is 2. The zero-order chi connectivity index (χ0) is 12.4. The molecule has 1 aliphatic rings. The first-order valence-corrected chi connectivity index (χ1v) is 7.77. The van der Waals surface area contributed by atoms with Gasteiger partial charge in [0.15, 0.2) is 0 Å². The summed E-state index contributed by atoms with van der Waals surface area (Å²) in [6.07, 6.45) is 0. The highest BCUT2D eigenvalue weighted by Gasteiger charge is 2.25. The third-order valence-corrected chi connectivity index (χ3v) is 4.92. The summed E-state index contributed by atoms with van der Waals surface area (Å²) >= 11 is 0. The van der Waals surface area contributed by atoms with Gasteiger partial charge in [-0.2, -0.15) is 0 Å². The summed E-state index contributed by atoms with van der Waals surface area (Å²) in [5.41, 5.74) is 4.22. The van der Waals surface area contributed by atoms with Crippen LogP contribution in [-0.4, -0.2) is 38.7 Å². The Balaban J connectivity index is 2.91. The molecule has 0 radical (unpaired) electrons. The second-order valence-electron chi connectivity index (χ2n) is 2.86. The molecule has 0 spiro atoms. The molecule has 0 aliphatic carbocycles. The quantitative estimate of drug-likeness (QED) is 0.635. The molecule has 0 fully saturated rings. The average Bonchev–Trinajstić information content (AvgIpc) is 2.29. The Labute approximate surface area is 93.6 Å². The van der Waals surface area contributed by atoms with Crippen molar-refractivity contribution in [1.29, 1.82) is 0 Å². The van der Waals surface area contributed by atoms with Gasteiger partial charge in [0, 0.05) is 0 Å². The summed E-state index contributed by atoms with van der Waals surface area (Å²) in [6, 6.07) is 0. The summed E-state index contributed by atoms with van der Waals surface area (Å²) < 4.78 is 45.3. The molecule has 0 unspecified atom stereocenters.